The first kappa shape index (κ1) is 36.8. The molecular weight excluding hydrogens is 592 g/mol. The Bertz CT molecular complexity index is 1340. The number of allylic oxidation sites excluding steroid dienone is 2. The van der Waals surface area contributed by atoms with Gasteiger partial charge in [-0.05, 0) is 57.7 Å². The van der Waals surface area contributed by atoms with Crippen LogP contribution in [-0.2, 0) is 30.2 Å². The number of ether oxygens (including phenoxy) is 4. The molecule has 6 atom stereocenters. The van der Waals surface area contributed by atoms with Crippen molar-refractivity contribution in [2.24, 2.45) is 22.6 Å². The zero-order valence-corrected chi connectivity index (χ0v) is 28.0. The number of aromatic hydroxyl groups is 2. The first-order chi connectivity index (χ1) is 21.9. The monoisotopic (exact) mass is 642 g/mol. The van der Waals surface area contributed by atoms with Gasteiger partial charge in [-0.25, -0.2) is 4.79 Å². The molecule has 2 amide bonds. The van der Waals surface area contributed by atoms with Crippen molar-refractivity contribution in [3.63, 3.8) is 0 Å². The fraction of sp³-hybridized carbons (Fsp3) is 0.559. The SMILES string of the molecule is COC1C=CC=C(C)C(=O)Nc2cc(O)c(N=CCN3CCC3)c(c2O)C[C@@H](C)C[C@H](OC)[C@H](OC)[C@@H](C)C=C(C)[C@@H]1OC(N)=O. The number of nitrogens with two attached hydrogens (primary N) is 1. The Kier molecular flexibility index (Phi) is 13.8. The minimum Gasteiger partial charge on any atom is -0.506 e. The lowest BCUT2D eigenvalue weighted by molar-refractivity contribution is -0.112. The van der Waals surface area contributed by atoms with E-state index in [0.717, 1.165) is 19.5 Å². The molecule has 2 aliphatic rings. The summed E-state index contributed by atoms with van der Waals surface area (Å²) in [5, 5.41) is 25.3. The zero-order chi connectivity index (χ0) is 34.0. The molecule has 1 unspecified atom stereocenters. The number of carbonyl (C=O) groups excluding carboxylic acids is 2. The van der Waals surface area contributed by atoms with Gasteiger partial charge in [-0.2, -0.15) is 0 Å². The number of primary amides is 1. The maximum Gasteiger partial charge on any atom is 0.405 e. The third kappa shape index (κ3) is 9.65. The number of likely N-dealkylation sites (tertiary alicyclic amines) is 1. The number of nitrogens with one attached hydrogen (secondary N) is 1. The van der Waals surface area contributed by atoms with E-state index in [1.54, 1.807) is 45.6 Å². The molecule has 3 rings (SSSR count). The first-order valence-electron chi connectivity index (χ1n) is 15.6. The van der Waals surface area contributed by atoms with Crippen molar-refractivity contribution >= 4 is 29.6 Å². The van der Waals surface area contributed by atoms with Crippen LogP contribution < -0.4 is 11.1 Å². The normalized spacial score (nSPS) is 27.1. The van der Waals surface area contributed by atoms with Crippen molar-refractivity contribution in [3.05, 3.63) is 47.1 Å². The Hall–Kier alpha value is -3.71. The number of rotatable bonds is 7. The summed E-state index contributed by atoms with van der Waals surface area (Å²) in [6.45, 7) is 10.1. The summed E-state index contributed by atoms with van der Waals surface area (Å²) in [6.07, 6.45) is 7.26. The molecule has 254 valence electrons. The number of amides is 2. The van der Waals surface area contributed by atoms with Crippen LogP contribution >= 0.6 is 0 Å². The van der Waals surface area contributed by atoms with Crippen molar-refractivity contribution < 1.29 is 38.7 Å². The predicted molar refractivity (Wildman–Crippen MR) is 178 cm³/mol. The lowest BCUT2D eigenvalue weighted by Crippen LogP contribution is -2.38. The summed E-state index contributed by atoms with van der Waals surface area (Å²) in [6, 6.07) is 1.31. The van der Waals surface area contributed by atoms with E-state index in [-0.39, 0.29) is 46.9 Å². The van der Waals surface area contributed by atoms with Crippen LogP contribution in [0.3, 0.4) is 0 Å². The summed E-state index contributed by atoms with van der Waals surface area (Å²) < 4.78 is 23.0. The third-order valence-corrected chi connectivity index (χ3v) is 8.55. The fourth-order valence-electron chi connectivity index (χ4n) is 5.90. The van der Waals surface area contributed by atoms with E-state index in [1.807, 2.05) is 26.8 Å². The smallest absolute Gasteiger partial charge is 0.405 e. The molecule has 5 N–H and O–H groups in total. The number of aliphatic imine (C=N–C) groups is 1. The molecule has 0 radical (unpaired) electrons. The Balaban J connectivity index is 2.11. The van der Waals surface area contributed by atoms with Gasteiger partial charge in [-0.15, -0.1) is 0 Å². The summed E-state index contributed by atoms with van der Waals surface area (Å²) in [7, 11) is 4.71. The molecular formula is C34H50N4O8. The number of fused-ring (bicyclic) bond motifs is 2. The van der Waals surface area contributed by atoms with Crippen molar-refractivity contribution in [1.82, 2.24) is 4.90 Å². The van der Waals surface area contributed by atoms with Crippen LogP contribution in [0.25, 0.3) is 0 Å². The Morgan fingerprint density at radius 3 is 2.46 bits per heavy atom. The molecule has 12 nitrogen and oxygen atoms in total. The first-order valence-corrected chi connectivity index (χ1v) is 15.6. The van der Waals surface area contributed by atoms with E-state index < -0.39 is 24.2 Å². The quantitative estimate of drug-likeness (QED) is 0.144. The van der Waals surface area contributed by atoms with E-state index in [4.69, 9.17) is 24.7 Å². The highest BCUT2D eigenvalue weighted by Crippen LogP contribution is 2.44. The summed E-state index contributed by atoms with van der Waals surface area (Å²) in [4.78, 5) is 31.8. The van der Waals surface area contributed by atoms with Crippen molar-refractivity contribution in [3.8, 4) is 11.5 Å². The highest BCUT2D eigenvalue weighted by atomic mass is 16.6. The average molecular weight is 643 g/mol. The van der Waals surface area contributed by atoms with Gasteiger partial charge < -0.3 is 40.2 Å². The average Bonchev–Trinajstić information content (AvgIpc) is 2.98. The zero-order valence-electron chi connectivity index (χ0n) is 28.0. The lowest BCUT2D eigenvalue weighted by atomic mass is 9.87. The second-order valence-corrected chi connectivity index (χ2v) is 12.1. The predicted octanol–water partition coefficient (Wildman–Crippen LogP) is 4.62. The van der Waals surface area contributed by atoms with Crippen molar-refractivity contribution in [1.29, 1.82) is 0 Å². The van der Waals surface area contributed by atoms with E-state index in [0.29, 0.717) is 36.1 Å². The van der Waals surface area contributed by atoms with Gasteiger partial charge in [0.2, 0.25) is 0 Å². The highest BCUT2D eigenvalue weighted by Gasteiger charge is 2.31. The topological polar surface area (TPSA) is 165 Å². The number of anilines is 1. The number of methoxy groups -OCH3 is 3. The molecule has 1 aromatic rings. The molecule has 1 aromatic carbocycles. The summed E-state index contributed by atoms with van der Waals surface area (Å²) in [5.74, 6) is -1.06. The molecule has 2 aliphatic heterocycles. The largest absolute Gasteiger partial charge is 0.506 e. The van der Waals surface area contributed by atoms with Crippen LogP contribution in [-0.4, -0.2) is 98.7 Å². The van der Waals surface area contributed by atoms with E-state index in [2.05, 4.69) is 15.2 Å². The van der Waals surface area contributed by atoms with Gasteiger partial charge in [0.1, 0.15) is 23.3 Å². The van der Waals surface area contributed by atoms with E-state index >= 15 is 0 Å². The fourth-order valence-corrected chi connectivity index (χ4v) is 5.90. The van der Waals surface area contributed by atoms with E-state index in [9.17, 15) is 19.8 Å². The van der Waals surface area contributed by atoms with Gasteiger partial charge in [0.05, 0.1) is 17.9 Å². The van der Waals surface area contributed by atoms with Crippen LogP contribution in [0.15, 0.2) is 46.5 Å². The maximum absolute atomic E-state index is 13.2. The van der Waals surface area contributed by atoms with E-state index in [1.165, 1.54) is 13.2 Å². The molecule has 0 spiro atoms. The second-order valence-electron chi connectivity index (χ2n) is 12.1. The molecule has 46 heavy (non-hydrogen) atoms. The minimum atomic E-state index is -0.953. The Morgan fingerprint density at radius 2 is 1.87 bits per heavy atom. The molecule has 2 heterocycles. The number of hydrogen-bond donors (Lipinski definition) is 4. The third-order valence-electron chi connectivity index (χ3n) is 8.55. The number of phenolic OH excluding ortho intramolecular Hbond substituents is 2. The van der Waals surface area contributed by atoms with Crippen LogP contribution in [0.5, 0.6) is 11.5 Å². The van der Waals surface area contributed by atoms with Gasteiger partial charge >= 0.3 is 6.09 Å². The molecule has 1 fully saturated rings. The van der Waals surface area contributed by atoms with Crippen LogP contribution in [0.2, 0.25) is 0 Å². The van der Waals surface area contributed by atoms with Crippen molar-refractivity contribution in [2.75, 3.05) is 46.3 Å². The molecule has 0 saturated carbocycles. The van der Waals surface area contributed by atoms with Gasteiger partial charge in [0.25, 0.3) is 5.91 Å². The molecule has 2 bridgehead atoms. The molecule has 1 saturated heterocycles. The maximum atomic E-state index is 13.2. The Labute approximate surface area is 271 Å². The minimum absolute atomic E-state index is 0.0669. The van der Waals surface area contributed by atoms with Crippen molar-refractivity contribution in [2.45, 2.75) is 71.4 Å². The highest BCUT2D eigenvalue weighted by molar-refractivity contribution is 6.04. The number of phenols is 2. The van der Waals surface area contributed by atoms with Gasteiger partial charge in [0.15, 0.2) is 6.10 Å². The number of hydrogen-bond acceptors (Lipinski definition) is 10. The van der Waals surface area contributed by atoms with Gasteiger partial charge in [-0.1, -0.05) is 38.2 Å². The van der Waals surface area contributed by atoms with Crippen LogP contribution in [0.1, 0.15) is 46.1 Å². The van der Waals surface area contributed by atoms with Crippen LogP contribution in [0, 0.1) is 11.8 Å². The number of nitrogens with zero attached hydrogens (tertiary/aromatic N) is 2. The number of carbonyl (C=O) groups is 2. The molecule has 0 aromatic heterocycles. The number of benzene rings is 1. The van der Waals surface area contributed by atoms with Crippen LogP contribution in [0.4, 0.5) is 16.2 Å². The summed E-state index contributed by atoms with van der Waals surface area (Å²) in [5.41, 5.74) is 7.18. The Morgan fingerprint density at radius 1 is 1.15 bits per heavy atom. The molecule has 0 aliphatic carbocycles. The standard InChI is InChI=1S/C34H50N4O8/c1-20-16-24-29(36-12-15-38-13-9-14-38)26(39)19-25(30(24)40)37-33(41)21(2)10-8-11-27(43-5)32(46-34(35)42)23(4)18-22(3)31(45-7)28(17-20)44-6/h8,10-12,18-20,22,27-28,31-32,39-40H,9,13-17H2,1-7H3,(H2,35,42)(H,37,41)/t20-,22+,27?,28+,31-,32+/m1/s1. The lowest BCUT2D eigenvalue weighted by Gasteiger charge is -2.32. The summed E-state index contributed by atoms with van der Waals surface area (Å²) >= 11 is 0. The second kappa shape index (κ2) is 17.3. The molecule has 12 heteroatoms. The van der Waals surface area contributed by atoms with Gasteiger partial charge in [0, 0.05) is 57.2 Å². The van der Waals surface area contributed by atoms with Gasteiger partial charge in [-0.3, -0.25) is 14.7 Å².